The molecule has 0 bridgehead atoms. The summed E-state index contributed by atoms with van der Waals surface area (Å²) in [7, 11) is 3.27. The van der Waals surface area contributed by atoms with Crippen molar-refractivity contribution < 1.29 is 9.47 Å². The van der Waals surface area contributed by atoms with Crippen LogP contribution in [0.5, 0.6) is 11.5 Å². The molecule has 2 heterocycles. The number of hydrogen-bond donors (Lipinski definition) is 1. The van der Waals surface area contributed by atoms with Crippen LogP contribution < -0.4 is 19.7 Å². The third-order valence-corrected chi connectivity index (χ3v) is 3.71. The number of nitrogens with one attached hydrogen (secondary N) is 1. The molecule has 1 N–H and O–H groups in total. The van der Waals surface area contributed by atoms with Crippen molar-refractivity contribution in [1.82, 2.24) is 9.97 Å². The Morgan fingerprint density at radius 1 is 0.955 bits per heavy atom. The van der Waals surface area contributed by atoms with E-state index in [1.807, 2.05) is 24.3 Å². The first-order valence-corrected chi connectivity index (χ1v) is 7.35. The SMILES string of the molecule is COc1cc(Nc2cc(N3CCCC3)ncn2)cc(OC)c1. The molecule has 0 spiro atoms. The van der Waals surface area contributed by atoms with Gasteiger partial charge in [-0.15, -0.1) is 0 Å². The molecule has 22 heavy (non-hydrogen) atoms. The van der Waals surface area contributed by atoms with Crippen LogP contribution in [0.25, 0.3) is 0 Å². The Morgan fingerprint density at radius 3 is 2.27 bits per heavy atom. The van der Waals surface area contributed by atoms with E-state index in [2.05, 4.69) is 20.2 Å². The van der Waals surface area contributed by atoms with Crippen molar-refractivity contribution in [1.29, 1.82) is 0 Å². The highest BCUT2D eigenvalue weighted by Gasteiger charge is 2.14. The lowest BCUT2D eigenvalue weighted by atomic mass is 10.2. The van der Waals surface area contributed by atoms with Crippen molar-refractivity contribution in [2.45, 2.75) is 12.8 Å². The predicted molar refractivity (Wildman–Crippen MR) is 86.3 cm³/mol. The average molecular weight is 300 g/mol. The predicted octanol–water partition coefficient (Wildman–Crippen LogP) is 2.84. The number of nitrogens with zero attached hydrogens (tertiary/aromatic N) is 3. The van der Waals surface area contributed by atoms with Gasteiger partial charge in [0.15, 0.2) is 0 Å². The molecule has 0 unspecified atom stereocenters. The minimum Gasteiger partial charge on any atom is -0.497 e. The second-order valence-electron chi connectivity index (χ2n) is 5.18. The molecule has 0 atom stereocenters. The van der Waals surface area contributed by atoms with Crippen molar-refractivity contribution in [3.8, 4) is 11.5 Å². The number of rotatable bonds is 5. The van der Waals surface area contributed by atoms with Crippen LogP contribution in [0.2, 0.25) is 0 Å². The standard InChI is InChI=1S/C16H20N4O2/c1-21-13-7-12(8-14(9-13)22-2)19-15-10-16(18-11-17-15)20-5-3-4-6-20/h7-11H,3-6H2,1-2H3,(H,17,18,19). The van der Waals surface area contributed by atoms with E-state index >= 15 is 0 Å². The molecule has 1 aromatic heterocycles. The first kappa shape index (κ1) is 14.4. The fraction of sp³-hybridized carbons (Fsp3) is 0.375. The summed E-state index contributed by atoms with van der Waals surface area (Å²) in [4.78, 5) is 10.9. The molecule has 1 saturated heterocycles. The van der Waals surface area contributed by atoms with Crippen LogP contribution in [-0.2, 0) is 0 Å². The van der Waals surface area contributed by atoms with Gasteiger partial charge in [0, 0.05) is 43.0 Å². The van der Waals surface area contributed by atoms with E-state index in [1.54, 1.807) is 20.5 Å². The molecule has 1 aliphatic heterocycles. The molecule has 1 aliphatic rings. The Kier molecular flexibility index (Phi) is 4.27. The number of ether oxygens (including phenoxy) is 2. The number of benzene rings is 1. The Morgan fingerprint density at radius 2 is 1.64 bits per heavy atom. The summed E-state index contributed by atoms with van der Waals surface area (Å²) in [6, 6.07) is 7.61. The zero-order valence-corrected chi connectivity index (χ0v) is 12.9. The molecule has 6 heteroatoms. The zero-order chi connectivity index (χ0) is 15.4. The maximum atomic E-state index is 5.28. The quantitative estimate of drug-likeness (QED) is 0.916. The van der Waals surface area contributed by atoms with Crippen LogP contribution in [0.1, 0.15) is 12.8 Å². The third kappa shape index (κ3) is 3.21. The summed E-state index contributed by atoms with van der Waals surface area (Å²) in [5, 5.41) is 3.28. The third-order valence-electron chi connectivity index (χ3n) is 3.71. The van der Waals surface area contributed by atoms with Gasteiger partial charge in [0.25, 0.3) is 0 Å². The highest BCUT2D eigenvalue weighted by atomic mass is 16.5. The number of anilines is 3. The fourth-order valence-corrected chi connectivity index (χ4v) is 2.56. The molecule has 6 nitrogen and oxygen atoms in total. The topological polar surface area (TPSA) is 59.5 Å². The van der Waals surface area contributed by atoms with Crippen LogP contribution in [-0.4, -0.2) is 37.3 Å². The molecule has 0 radical (unpaired) electrons. The fourth-order valence-electron chi connectivity index (χ4n) is 2.56. The molecule has 0 amide bonds. The van der Waals surface area contributed by atoms with Crippen molar-refractivity contribution in [3.63, 3.8) is 0 Å². The molecule has 3 rings (SSSR count). The van der Waals surface area contributed by atoms with Gasteiger partial charge in [0.2, 0.25) is 0 Å². The number of aromatic nitrogens is 2. The summed E-state index contributed by atoms with van der Waals surface area (Å²) in [6.07, 6.45) is 4.03. The highest BCUT2D eigenvalue weighted by molar-refractivity contribution is 5.63. The van der Waals surface area contributed by atoms with Gasteiger partial charge >= 0.3 is 0 Å². The van der Waals surface area contributed by atoms with Crippen molar-refractivity contribution >= 4 is 17.3 Å². The number of hydrogen-bond acceptors (Lipinski definition) is 6. The molecule has 1 aromatic carbocycles. The van der Waals surface area contributed by atoms with E-state index in [1.165, 1.54) is 12.8 Å². The smallest absolute Gasteiger partial charge is 0.135 e. The summed E-state index contributed by atoms with van der Waals surface area (Å²) >= 11 is 0. The van der Waals surface area contributed by atoms with Crippen LogP contribution in [0.15, 0.2) is 30.6 Å². The van der Waals surface area contributed by atoms with Crippen molar-refractivity contribution in [2.24, 2.45) is 0 Å². The Hall–Kier alpha value is -2.50. The van der Waals surface area contributed by atoms with Gasteiger partial charge in [-0.3, -0.25) is 0 Å². The Balaban J connectivity index is 1.82. The first-order valence-electron chi connectivity index (χ1n) is 7.35. The lowest BCUT2D eigenvalue weighted by Crippen LogP contribution is -2.19. The zero-order valence-electron chi connectivity index (χ0n) is 12.9. The van der Waals surface area contributed by atoms with Gasteiger partial charge in [0.1, 0.15) is 29.5 Å². The van der Waals surface area contributed by atoms with Gasteiger partial charge in [-0.2, -0.15) is 0 Å². The lowest BCUT2D eigenvalue weighted by Gasteiger charge is -2.17. The van der Waals surface area contributed by atoms with E-state index < -0.39 is 0 Å². The highest BCUT2D eigenvalue weighted by Crippen LogP contribution is 2.28. The van der Waals surface area contributed by atoms with Crippen molar-refractivity contribution in [3.05, 3.63) is 30.6 Å². The van der Waals surface area contributed by atoms with E-state index in [-0.39, 0.29) is 0 Å². The second-order valence-corrected chi connectivity index (χ2v) is 5.18. The summed E-state index contributed by atoms with van der Waals surface area (Å²) < 4.78 is 10.6. The Bertz CT molecular complexity index is 620. The molecular weight excluding hydrogens is 280 g/mol. The summed E-state index contributed by atoms with van der Waals surface area (Å²) in [6.45, 7) is 2.12. The minimum absolute atomic E-state index is 0.732. The molecule has 0 aliphatic carbocycles. The van der Waals surface area contributed by atoms with E-state index in [9.17, 15) is 0 Å². The maximum absolute atomic E-state index is 5.28. The Labute approximate surface area is 130 Å². The van der Waals surface area contributed by atoms with Gasteiger partial charge in [-0.25, -0.2) is 9.97 Å². The average Bonchev–Trinajstić information content (AvgIpc) is 3.09. The van der Waals surface area contributed by atoms with Crippen LogP contribution in [0.3, 0.4) is 0 Å². The molecule has 1 fully saturated rings. The summed E-state index contributed by atoms with van der Waals surface area (Å²) in [5.41, 5.74) is 0.863. The van der Waals surface area contributed by atoms with Gasteiger partial charge in [-0.05, 0) is 12.8 Å². The molecular formula is C16H20N4O2. The number of methoxy groups -OCH3 is 2. The van der Waals surface area contributed by atoms with E-state index in [0.717, 1.165) is 41.9 Å². The second kappa shape index (κ2) is 6.51. The monoisotopic (exact) mass is 300 g/mol. The first-order chi connectivity index (χ1) is 10.8. The van der Waals surface area contributed by atoms with Gasteiger partial charge in [-0.1, -0.05) is 0 Å². The normalized spacial score (nSPS) is 14.0. The van der Waals surface area contributed by atoms with Gasteiger partial charge < -0.3 is 19.7 Å². The van der Waals surface area contributed by atoms with Crippen LogP contribution >= 0.6 is 0 Å². The molecule has 2 aromatic rings. The molecule has 116 valence electrons. The van der Waals surface area contributed by atoms with E-state index in [4.69, 9.17) is 9.47 Å². The minimum atomic E-state index is 0.732. The van der Waals surface area contributed by atoms with Crippen LogP contribution in [0, 0.1) is 0 Å². The molecule has 0 saturated carbocycles. The maximum Gasteiger partial charge on any atom is 0.135 e. The van der Waals surface area contributed by atoms with Crippen molar-refractivity contribution in [2.75, 3.05) is 37.5 Å². The van der Waals surface area contributed by atoms with E-state index in [0.29, 0.717) is 0 Å². The van der Waals surface area contributed by atoms with Gasteiger partial charge in [0.05, 0.1) is 14.2 Å². The summed E-state index contributed by atoms with van der Waals surface area (Å²) in [5.74, 6) is 3.18. The largest absolute Gasteiger partial charge is 0.497 e. The van der Waals surface area contributed by atoms with Crippen LogP contribution in [0.4, 0.5) is 17.3 Å². The lowest BCUT2D eigenvalue weighted by molar-refractivity contribution is 0.395.